The highest BCUT2D eigenvalue weighted by molar-refractivity contribution is 5.93. The number of amides is 1. The van der Waals surface area contributed by atoms with Gasteiger partial charge in [0.2, 0.25) is 5.56 Å². The molecule has 0 saturated carbocycles. The van der Waals surface area contributed by atoms with Crippen LogP contribution in [-0.4, -0.2) is 63.0 Å². The van der Waals surface area contributed by atoms with E-state index in [1.165, 1.54) is 18.3 Å². The lowest BCUT2D eigenvalue weighted by Crippen LogP contribution is -2.41. The van der Waals surface area contributed by atoms with Crippen LogP contribution in [0.1, 0.15) is 22.6 Å². The first-order valence-electron chi connectivity index (χ1n) is 8.11. The highest BCUT2D eigenvalue weighted by Crippen LogP contribution is 2.23. The van der Waals surface area contributed by atoms with Gasteiger partial charge in [-0.25, -0.2) is 14.4 Å². The van der Waals surface area contributed by atoms with Crippen molar-refractivity contribution in [2.45, 2.75) is 25.2 Å². The van der Waals surface area contributed by atoms with Gasteiger partial charge in [-0.1, -0.05) is 0 Å². The largest absolute Gasteiger partial charge is 0.340 e. The molecule has 7 nitrogen and oxygen atoms in total. The van der Waals surface area contributed by atoms with Gasteiger partial charge in [-0.3, -0.25) is 14.5 Å². The van der Waals surface area contributed by atoms with Gasteiger partial charge >= 0.3 is 0 Å². The zero-order chi connectivity index (χ0) is 17.8. The second kappa shape index (κ2) is 7.52. The Labute approximate surface area is 144 Å². The van der Waals surface area contributed by atoms with E-state index >= 15 is 0 Å². The van der Waals surface area contributed by atoms with Gasteiger partial charge < -0.3 is 9.88 Å². The summed E-state index contributed by atoms with van der Waals surface area (Å²) >= 11 is 0. The molecular formula is C17H20FN5O2. The van der Waals surface area contributed by atoms with Crippen LogP contribution in [0.25, 0.3) is 0 Å². The van der Waals surface area contributed by atoms with Gasteiger partial charge in [-0.15, -0.1) is 0 Å². The van der Waals surface area contributed by atoms with Crippen LogP contribution in [0, 0.1) is 0 Å². The molecule has 0 unspecified atom stereocenters. The molecule has 1 fully saturated rings. The van der Waals surface area contributed by atoms with Crippen molar-refractivity contribution < 1.29 is 9.18 Å². The Kier molecular flexibility index (Phi) is 5.18. The summed E-state index contributed by atoms with van der Waals surface area (Å²) in [5.74, 6) is 0.422. The molecule has 1 aliphatic heterocycles. The molecule has 0 spiro atoms. The van der Waals surface area contributed by atoms with Crippen LogP contribution >= 0.6 is 0 Å². The number of likely N-dealkylation sites (tertiary alicyclic amines) is 1. The molecule has 25 heavy (non-hydrogen) atoms. The lowest BCUT2D eigenvalue weighted by Gasteiger charge is -2.27. The molecule has 132 valence electrons. The third-order valence-electron chi connectivity index (χ3n) is 4.30. The third kappa shape index (κ3) is 4.27. The summed E-state index contributed by atoms with van der Waals surface area (Å²) in [5, 5.41) is 0. The van der Waals surface area contributed by atoms with Crippen molar-refractivity contribution in [3.05, 3.63) is 58.5 Å². The molecule has 2 aromatic rings. The number of rotatable bonds is 5. The molecule has 0 bridgehead atoms. The highest BCUT2D eigenvalue weighted by Gasteiger charge is 2.34. The van der Waals surface area contributed by atoms with E-state index in [4.69, 9.17) is 0 Å². The number of H-pyrrole nitrogens is 1. The molecule has 2 aromatic heterocycles. The standard InChI is InChI=1S/C17H20FN5O2/c1-22(17(25)12-3-4-16(24)21-8-12)10-14-7-13(18)9-23(14)11-15-19-5-2-6-20-15/h2-6,8,13-14H,7,9-11H2,1H3,(H,21,24)/t13-,14-/m0/s1. The number of aromatic amines is 1. The van der Waals surface area contributed by atoms with Gasteiger partial charge in [0.15, 0.2) is 0 Å². The highest BCUT2D eigenvalue weighted by atomic mass is 19.1. The Bertz CT molecular complexity index is 762. The van der Waals surface area contributed by atoms with Crippen molar-refractivity contribution in [1.29, 1.82) is 0 Å². The Morgan fingerprint density at radius 2 is 2.16 bits per heavy atom. The van der Waals surface area contributed by atoms with Gasteiger partial charge in [0, 0.05) is 50.8 Å². The molecular weight excluding hydrogens is 325 g/mol. The number of hydrogen-bond donors (Lipinski definition) is 1. The number of likely N-dealkylation sites (N-methyl/N-ethyl adjacent to an activating group) is 1. The van der Waals surface area contributed by atoms with E-state index in [0.29, 0.717) is 37.4 Å². The van der Waals surface area contributed by atoms with Crippen molar-refractivity contribution in [2.24, 2.45) is 0 Å². The van der Waals surface area contributed by atoms with Gasteiger partial charge in [0.25, 0.3) is 5.91 Å². The Morgan fingerprint density at radius 1 is 1.40 bits per heavy atom. The average Bonchev–Trinajstić information content (AvgIpc) is 2.94. The first kappa shape index (κ1) is 17.2. The number of pyridine rings is 1. The van der Waals surface area contributed by atoms with E-state index in [9.17, 15) is 14.0 Å². The van der Waals surface area contributed by atoms with E-state index in [-0.39, 0.29) is 17.5 Å². The Hall–Kier alpha value is -2.61. The topological polar surface area (TPSA) is 82.2 Å². The van der Waals surface area contributed by atoms with Crippen LogP contribution in [0.4, 0.5) is 4.39 Å². The van der Waals surface area contributed by atoms with E-state index in [1.54, 1.807) is 30.4 Å². The SMILES string of the molecule is CN(C[C@@H]1C[C@H](F)CN1Cc1ncccn1)C(=O)c1ccc(=O)[nH]c1. The normalized spacial score (nSPS) is 20.6. The van der Waals surface area contributed by atoms with Crippen LogP contribution in [0.2, 0.25) is 0 Å². The molecule has 0 aromatic carbocycles. The number of halogens is 1. The fraction of sp³-hybridized carbons (Fsp3) is 0.412. The van der Waals surface area contributed by atoms with Crippen LogP contribution in [0.15, 0.2) is 41.6 Å². The molecule has 8 heteroatoms. The molecule has 3 heterocycles. The van der Waals surface area contributed by atoms with Gasteiger partial charge in [-0.05, 0) is 18.6 Å². The smallest absolute Gasteiger partial charge is 0.255 e. The minimum atomic E-state index is -0.926. The average molecular weight is 345 g/mol. The lowest BCUT2D eigenvalue weighted by molar-refractivity contribution is 0.0748. The molecule has 1 aliphatic rings. The number of hydrogen-bond acceptors (Lipinski definition) is 5. The molecule has 1 N–H and O–H groups in total. The third-order valence-corrected chi connectivity index (χ3v) is 4.30. The van der Waals surface area contributed by atoms with Gasteiger partial charge in [0.1, 0.15) is 12.0 Å². The predicted octanol–water partition coefficient (Wildman–Crippen LogP) is 0.849. The maximum absolute atomic E-state index is 13.9. The fourth-order valence-electron chi connectivity index (χ4n) is 3.06. The maximum Gasteiger partial charge on any atom is 0.255 e. The number of alkyl halides is 1. The van der Waals surface area contributed by atoms with Crippen molar-refractivity contribution in [2.75, 3.05) is 20.1 Å². The Morgan fingerprint density at radius 3 is 2.84 bits per heavy atom. The minimum Gasteiger partial charge on any atom is -0.340 e. The molecule has 2 atom stereocenters. The second-order valence-electron chi connectivity index (χ2n) is 6.21. The van der Waals surface area contributed by atoms with Crippen LogP contribution in [0.3, 0.4) is 0 Å². The number of carbonyl (C=O) groups is 1. The monoisotopic (exact) mass is 345 g/mol. The maximum atomic E-state index is 13.9. The molecule has 1 amide bonds. The van der Waals surface area contributed by atoms with E-state index in [2.05, 4.69) is 15.0 Å². The number of nitrogens with one attached hydrogen (secondary N) is 1. The van der Waals surface area contributed by atoms with Crippen molar-refractivity contribution in [1.82, 2.24) is 24.8 Å². The summed E-state index contributed by atoms with van der Waals surface area (Å²) in [5.41, 5.74) is 0.138. The van der Waals surface area contributed by atoms with Crippen molar-refractivity contribution in [3.63, 3.8) is 0 Å². The molecule has 0 aliphatic carbocycles. The number of carbonyl (C=O) groups excluding carboxylic acids is 1. The quantitative estimate of drug-likeness (QED) is 0.869. The molecule has 0 radical (unpaired) electrons. The van der Waals surface area contributed by atoms with E-state index < -0.39 is 6.17 Å². The number of aromatic nitrogens is 3. The summed E-state index contributed by atoms with van der Waals surface area (Å²) in [6.07, 6.45) is 4.16. The summed E-state index contributed by atoms with van der Waals surface area (Å²) < 4.78 is 13.9. The van der Waals surface area contributed by atoms with Crippen LogP contribution in [-0.2, 0) is 6.54 Å². The number of nitrogens with zero attached hydrogens (tertiary/aromatic N) is 4. The second-order valence-corrected chi connectivity index (χ2v) is 6.21. The summed E-state index contributed by atoms with van der Waals surface area (Å²) in [6.45, 7) is 1.15. The fourth-order valence-corrected chi connectivity index (χ4v) is 3.06. The summed E-state index contributed by atoms with van der Waals surface area (Å²) in [4.78, 5) is 37.9. The predicted molar refractivity (Wildman–Crippen MR) is 89.8 cm³/mol. The first-order chi connectivity index (χ1) is 12.0. The van der Waals surface area contributed by atoms with E-state index in [1.807, 2.05) is 4.90 Å². The minimum absolute atomic E-state index is 0.101. The lowest BCUT2D eigenvalue weighted by atomic mass is 10.1. The Balaban J connectivity index is 1.66. The van der Waals surface area contributed by atoms with Crippen molar-refractivity contribution in [3.8, 4) is 0 Å². The molecule has 3 rings (SSSR count). The van der Waals surface area contributed by atoms with Crippen LogP contribution < -0.4 is 5.56 Å². The summed E-state index contributed by atoms with van der Waals surface area (Å²) in [7, 11) is 1.68. The first-order valence-corrected chi connectivity index (χ1v) is 8.11. The van der Waals surface area contributed by atoms with Crippen molar-refractivity contribution >= 4 is 5.91 Å². The summed E-state index contributed by atoms with van der Waals surface area (Å²) in [6, 6.07) is 4.43. The van der Waals surface area contributed by atoms with Crippen LogP contribution in [0.5, 0.6) is 0 Å². The van der Waals surface area contributed by atoms with E-state index in [0.717, 1.165) is 0 Å². The molecule has 1 saturated heterocycles. The zero-order valence-corrected chi connectivity index (χ0v) is 13.9. The van der Waals surface area contributed by atoms with Gasteiger partial charge in [-0.2, -0.15) is 0 Å². The van der Waals surface area contributed by atoms with Gasteiger partial charge in [0.05, 0.1) is 12.1 Å². The zero-order valence-electron chi connectivity index (χ0n) is 13.9.